The lowest BCUT2D eigenvalue weighted by Gasteiger charge is -2.11. The van der Waals surface area contributed by atoms with Crippen molar-refractivity contribution < 1.29 is 24.5 Å². The fourth-order valence-electron chi connectivity index (χ4n) is 2.07. The molecule has 122 valence electrons. The van der Waals surface area contributed by atoms with E-state index in [0.29, 0.717) is 17.3 Å². The van der Waals surface area contributed by atoms with Crippen molar-refractivity contribution in [2.24, 2.45) is 5.92 Å². The molecule has 0 bridgehead atoms. The predicted octanol–water partition coefficient (Wildman–Crippen LogP) is 2.18. The highest BCUT2D eigenvalue weighted by Crippen LogP contribution is 2.35. The molecule has 2 aromatic carbocycles. The molecule has 0 aromatic heterocycles. The number of carbonyl (C=O) groups excluding carboxylic acids is 2. The van der Waals surface area contributed by atoms with Crippen molar-refractivity contribution in [2.45, 2.75) is 13.8 Å². The van der Waals surface area contributed by atoms with Crippen LogP contribution in [-0.2, 0) is 9.53 Å². The summed E-state index contributed by atoms with van der Waals surface area (Å²) in [5, 5.41) is 23.5. The topological polar surface area (TPSA) is 95.9 Å². The molecule has 1 amide bonds. The Hall–Kier alpha value is -2.76. The van der Waals surface area contributed by atoms with E-state index in [-0.39, 0.29) is 23.0 Å². The third-order valence-electron chi connectivity index (χ3n) is 3.26. The summed E-state index contributed by atoms with van der Waals surface area (Å²) in [6.45, 7) is 3.93. The van der Waals surface area contributed by atoms with Crippen molar-refractivity contribution in [2.75, 3.05) is 13.2 Å². The van der Waals surface area contributed by atoms with Crippen LogP contribution in [0, 0.1) is 5.92 Å². The van der Waals surface area contributed by atoms with Crippen molar-refractivity contribution >= 4 is 22.6 Å². The van der Waals surface area contributed by atoms with Crippen LogP contribution < -0.4 is 5.32 Å². The number of ether oxygens (including phenoxy) is 1. The van der Waals surface area contributed by atoms with E-state index >= 15 is 0 Å². The molecule has 0 spiro atoms. The number of amides is 1. The fraction of sp³-hybridized carbons (Fsp3) is 0.294. The van der Waals surface area contributed by atoms with Gasteiger partial charge >= 0.3 is 5.97 Å². The first-order valence-electron chi connectivity index (χ1n) is 7.27. The Morgan fingerprint density at radius 2 is 1.83 bits per heavy atom. The minimum atomic E-state index is -0.872. The number of rotatable bonds is 5. The van der Waals surface area contributed by atoms with E-state index in [0.717, 1.165) is 6.07 Å². The van der Waals surface area contributed by atoms with Gasteiger partial charge in [0, 0.05) is 17.3 Å². The second-order valence-electron chi connectivity index (χ2n) is 5.61. The minimum absolute atomic E-state index is 0.144. The molecule has 0 unspecified atom stereocenters. The zero-order chi connectivity index (χ0) is 17.0. The summed E-state index contributed by atoms with van der Waals surface area (Å²) in [6, 6.07) is 7.72. The van der Waals surface area contributed by atoms with Gasteiger partial charge in [-0.15, -0.1) is 0 Å². The summed E-state index contributed by atoms with van der Waals surface area (Å²) in [7, 11) is 0. The predicted molar refractivity (Wildman–Crippen MR) is 85.4 cm³/mol. The Morgan fingerprint density at radius 3 is 2.48 bits per heavy atom. The second kappa shape index (κ2) is 7.00. The second-order valence-corrected chi connectivity index (χ2v) is 5.61. The lowest BCUT2D eigenvalue weighted by molar-refractivity contribution is -0.124. The number of hydrogen-bond acceptors (Lipinski definition) is 5. The summed E-state index contributed by atoms with van der Waals surface area (Å²) in [6.07, 6.45) is 0. The Balaban J connectivity index is 2.12. The summed E-state index contributed by atoms with van der Waals surface area (Å²) < 4.78 is 4.88. The lowest BCUT2D eigenvalue weighted by Crippen LogP contribution is -2.31. The Kier molecular flexibility index (Phi) is 5.05. The molecule has 0 aliphatic rings. The first-order chi connectivity index (χ1) is 10.9. The molecule has 0 atom stereocenters. The Morgan fingerprint density at radius 1 is 1.17 bits per heavy atom. The largest absolute Gasteiger partial charge is 0.507 e. The molecule has 3 N–H and O–H groups in total. The number of carbonyl (C=O) groups is 2. The number of hydrogen-bond donors (Lipinski definition) is 3. The van der Waals surface area contributed by atoms with E-state index in [4.69, 9.17) is 4.74 Å². The molecule has 0 aliphatic carbocycles. The monoisotopic (exact) mass is 317 g/mol. The molecule has 23 heavy (non-hydrogen) atoms. The van der Waals surface area contributed by atoms with Gasteiger partial charge in [-0.1, -0.05) is 38.1 Å². The number of phenolic OH excluding ortho intramolecular Hbond substituents is 2. The molecule has 0 radical (unpaired) electrons. The molecule has 0 saturated heterocycles. The van der Waals surface area contributed by atoms with Crippen molar-refractivity contribution in [3.63, 3.8) is 0 Å². The maximum absolute atomic E-state index is 12.0. The van der Waals surface area contributed by atoms with Gasteiger partial charge in [-0.3, -0.25) is 4.79 Å². The minimum Gasteiger partial charge on any atom is -0.507 e. The fourth-order valence-corrected chi connectivity index (χ4v) is 2.07. The highest BCUT2D eigenvalue weighted by atomic mass is 16.5. The summed E-state index contributed by atoms with van der Waals surface area (Å²) in [5.41, 5.74) is -0.183. The molecule has 0 fully saturated rings. The Labute approximate surface area is 133 Å². The van der Waals surface area contributed by atoms with Gasteiger partial charge in [0.25, 0.3) is 5.91 Å². The van der Waals surface area contributed by atoms with Crippen molar-refractivity contribution in [1.82, 2.24) is 5.32 Å². The number of nitrogens with one attached hydrogen (secondary N) is 1. The first kappa shape index (κ1) is 16.6. The zero-order valence-corrected chi connectivity index (χ0v) is 13.0. The summed E-state index contributed by atoms with van der Waals surface area (Å²) >= 11 is 0. The molecular formula is C17H19NO5. The summed E-state index contributed by atoms with van der Waals surface area (Å²) in [4.78, 5) is 23.6. The normalized spacial score (nSPS) is 10.7. The van der Waals surface area contributed by atoms with Crippen LogP contribution in [0.1, 0.15) is 24.2 Å². The highest BCUT2D eigenvalue weighted by Gasteiger charge is 2.19. The van der Waals surface area contributed by atoms with Crippen molar-refractivity contribution in [1.29, 1.82) is 0 Å². The quantitative estimate of drug-likeness (QED) is 0.580. The standard InChI is InChI=1S/C17H19NO5/c1-10(2)8-18-15(20)9-23-17(22)13-7-14(19)11-5-3-4-6-12(11)16(13)21/h3-7,10,19,21H,8-9H2,1-2H3,(H,18,20). The zero-order valence-electron chi connectivity index (χ0n) is 13.0. The van der Waals surface area contributed by atoms with Gasteiger partial charge in [0.05, 0.1) is 0 Å². The molecule has 0 saturated carbocycles. The lowest BCUT2D eigenvalue weighted by atomic mass is 10.0. The van der Waals surface area contributed by atoms with Gasteiger partial charge in [0.2, 0.25) is 0 Å². The van der Waals surface area contributed by atoms with Gasteiger partial charge in [-0.05, 0) is 12.0 Å². The van der Waals surface area contributed by atoms with Crippen molar-refractivity contribution in [3.8, 4) is 11.5 Å². The molecular weight excluding hydrogens is 298 g/mol. The van der Waals surface area contributed by atoms with E-state index in [2.05, 4.69) is 5.32 Å². The maximum Gasteiger partial charge on any atom is 0.342 e. The first-order valence-corrected chi connectivity index (χ1v) is 7.27. The number of esters is 1. The Bertz CT molecular complexity index is 739. The molecule has 0 heterocycles. The van der Waals surface area contributed by atoms with Gasteiger partial charge < -0.3 is 20.3 Å². The van der Waals surface area contributed by atoms with Crippen LogP contribution in [0.2, 0.25) is 0 Å². The van der Waals surface area contributed by atoms with Gasteiger partial charge in [-0.2, -0.15) is 0 Å². The third kappa shape index (κ3) is 3.91. The number of fused-ring (bicyclic) bond motifs is 1. The SMILES string of the molecule is CC(C)CNC(=O)COC(=O)c1cc(O)c2ccccc2c1O. The highest BCUT2D eigenvalue weighted by molar-refractivity contribution is 6.04. The van der Waals surface area contributed by atoms with Gasteiger partial charge in [-0.25, -0.2) is 4.79 Å². The van der Waals surface area contributed by atoms with E-state index in [1.54, 1.807) is 24.3 Å². The molecule has 6 heteroatoms. The van der Waals surface area contributed by atoms with E-state index in [1.807, 2.05) is 13.8 Å². The molecule has 6 nitrogen and oxygen atoms in total. The van der Waals surface area contributed by atoms with E-state index in [1.165, 1.54) is 0 Å². The molecule has 2 aromatic rings. The van der Waals surface area contributed by atoms with Gasteiger partial charge in [0.15, 0.2) is 6.61 Å². The average Bonchev–Trinajstić information content (AvgIpc) is 2.54. The van der Waals surface area contributed by atoms with Crippen LogP contribution >= 0.6 is 0 Å². The maximum atomic E-state index is 12.0. The smallest absolute Gasteiger partial charge is 0.342 e. The average molecular weight is 317 g/mol. The van der Waals surface area contributed by atoms with Crippen LogP contribution in [0.4, 0.5) is 0 Å². The van der Waals surface area contributed by atoms with Crippen LogP contribution in [0.25, 0.3) is 10.8 Å². The van der Waals surface area contributed by atoms with Crippen LogP contribution in [0.3, 0.4) is 0 Å². The number of phenols is 2. The molecule has 0 aliphatic heterocycles. The van der Waals surface area contributed by atoms with E-state index < -0.39 is 18.5 Å². The number of benzene rings is 2. The van der Waals surface area contributed by atoms with E-state index in [9.17, 15) is 19.8 Å². The van der Waals surface area contributed by atoms with Crippen molar-refractivity contribution in [3.05, 3.63) is 35.9 Å². The number of aromatic hydroxyl groups is 2. The third-order valence-corrected chi connectivity index (χ3v) is 3.26. The molecule has 2 rings (SSSR count). The van der Waals surface area contributed by atoms with Gasteiger partial charge in [0.1, 0.15) is 17.1 Å². The van der Waals surface area contributed by atoms with Crippen LogP contribution in [-0.4, -0.2) is 35.2 Å². The van der Waals surface area contributed by atoms with Crippen LogP contribution in [0.5, 0.6) is 11.5 Å². The summed E-state index contributed by atoms with van der Waals surface area (Å²) in [5.74, 6) is -1.43. The van der Waals surface area contributed by atoms with Crippen LogP contribution in [0.15, 0.2) is 30.3 Å².